The molecule has 2 amide bonds. The molecule has 0 atom stereocenters. The number of nitrogens with zero attached hydrogens (tertiary/aromatic N) is 3. The van der Waals surface area contributed by atoms with Crippen molar-refractivity contribution in [1.82, 2.24) is 15.1 Å². The van der Waals surface area contributed by atoms with Crippen LogP contribution in [-0.2, 0) is 4.79 Å². The van der Waals surface area contributed by atoms with Crippen LogP contribution in [-0.4, -0.2) is 33.1 Å². The molecule has 1 heterocycles. The maximum Gasteiger partial charge on any atom is 0.272 e. The lowest BCUT2D eigenvalue weighted by atomic mass is 10.3. The number of carbonyl (C=O) groups is 2. The average molecular weight is 289 g/mol. The number of carbonyl (C=O) groups excluding carboxylic acids is 2. The minimum atomic E-state index is -0.654. The SMILES string of the molecule is NC(=O)CNC(=O)c1ccn(-c2ccc([N+](=O)[O-])cc2)n1. The number of aromatic nitrogens is 2. The van der Waals surface area contributed by atoms with E-state index in [0.717, 1.165) is 0 Å². The normalized spacial score (nSPS) is 10.1. The van der Waals surface area contributed by atoms with Crippen LogP contribution in [0.1, 0.15) is 10.5 Å². The number of benzene rings is 1. The van der Waals surface area contributed by atoms with E-state index in [2.05, 4.69) is 10.4 Å². The van der Waals surface area contributed by atoms with Gasteiger partial charge in [-0.1, -0.05) is 0 Å². The smallest absolute Gasteiger partial charge is 0.272 e. The summed E-state index contributed by atoms with van der Waals surface area (Å²) in [5.41, 5.74) is 5.55. The number of hydrogen-bond acceptors (Lipinski definition) is 5. The van der Waals surface area contributed by atoms with Crippen molar-refractivity contribution in [3.63, 3.8) is 0 Å². The summed E-state index contributed by atoms with van der Waals surface area (Å²) in [6.07, 6.45) is 1.53. The van der Waals surface area contributed by atoms with Crippen LogP contribution in [0.3, 0.4) is 0 Å². The van der Waals surface area contributed by atoms with E-state index in [-0.39, 0.29) is 17.9 Å². The number of hydrogen-bond donors (Lipinski definition) is 2. The van der Waals surface area contributed by atoms with Crippen molar-refractivity contribution in [2.24, 2.45) is 5.73 Å². The van der Waals surface area contributed by atoms with Crippen LogP contribution in [0.15, 0.2) is 36.5 Å². The Morgan fingerprint density at radius 3 is 2.52 bits per heavy atom. The molecule has 21 heavy (non-hydrogen) atoms. The van der Waals surface area contributed by atoms with Crippen molar-refractivity contribution in [2.75, 3.05) is 6.54 Å². The number of amides is 2. The Balaban J connectivity index is 2.13. The van der Waals surface area contributed by atoms with Crippen molar-refractivity contribution >= 4 is 17.5 Å². The van der Waals surface area contributed by atoms with Gasteiger partial charge in [0, 0.05) is 18.3 Å². The van der Waals surface area contributed by atoms with Crippen molar-refractivity contribution in [2.45, 2.75) is 0 Å². The molecule has 1 aromatic carbocycles. The highest BCUT2D eigenvalue weighted by Crippen LogP contribution is 2.14. The molecule has 9 nitrogen and oxygen atoms in total. The maximum absolute atomic E-state index is 11.7. The zero-order valence-corrected chi connectivity index (χ0v) is 10.7. The lowest BCUT2D eigenvalue weighted by Crippen LogP contribution is -2.33. The molecular weight excluding hydrogens is 278 g/mol. The number of rotatable bonds is 5. The maximum atomic E-state index is 11.7. The van der Waals surface area contributed by atoms with Crippen LogP contribution >= 0.6 is 0 Å². The third-order valence-corrected chi connectivity index (χ3v) is 2.57. The van der Waals surface area contributed by atoms with Crippen molar-refractivity contribution in [1.29, 1.82) is 0 Å². The Kier molecular flexibility index (Phi) is 3.93. The van der Waals surface area contributed by atoms with Gasteiger partial charge in [0.15, 0.2) is 5.69 Å². The molecule has 0 saturated heterocycles. The Hall–Kier alpha value is -3.23. The summed E-state index contributed by atoms with van der Waals surface area (Å²) in [5.74, 6) is -1.19. The molecule has 0 bridgehead atoms. The van der Waals surface area contributed by atoms with Gasteiger partial charge in [-0.05, 0) is 18.2 Å². The van der Waals surface area contributed by atoms with Gasteiger partial charge in [-0.15, -0.1) is 0 Å². The summed E-state index contributed by atoms with van der Waals surface area (Å²) in [6, 6.07) is 7.15. The highest BCUT2D eigenvalue weighted by atomic mass is 16.6. The molecule has 108 valence electrons. The first-order chi connectivity index (χ1) is 9.97. The summed E-state index contributed by atoms with van der Waals surface area (Å²) >= 11 is 0. The van der Waals surface area contributed by atoms with E-state index in [1.807, 2.05) is 0 Å². The summed E-state index contributed by atoms with van der Waals surface area (Å²) in [7, 11) is 0. The Morgan fingerprint density at radius 2 is 1.95 bits per heavy atom. The van der Waals surface area contributed by atoms with E-state index in [0.29, 0.717) is 5.69 Å². The molecule has 0 fully saturated rings. The van der Waals surface area contributed by atoms with E-state index < -0.39 is 16.7 Å². The fraction of sp³-hybridized carbons (Fsp3) is 0.0833. The number of nitro benzene ring substituents is 1. The zero-order valence-electron chi connectivity index (χ0n) is 10.7. The fourth-order valence-electron chi connectivity index (χ4n) is 1.57. The molecule has 0 aliphatic heterocycles. The number of nitro groups is 1. The van der Waals surface area contributed by atoms with Gasteiger partial charge in [0.25, 0.3) is 11.6 Å². The molecule has 0 aliphatic rings. The third kappa shape index (κ3) is 3.41. The minimum absolute atomic E-state index is 0.0367. The predicted molar refractivity (Wildman–Crippen MR) is 71.7 cm³/mol. The van der Waals surface area contributed by atoms with Gasteiger partial charge in [0.05, 0.1) is 17.2 Å². The molecular formula is C12H11N5O4. The second-order valence-electron chi connectivity index (χ2n) is 4.07. The van der Waals surface area contributed by atoms with Crippen molar-refractivity contribution in [3.8, 4) is 5.69 Å². The van der Waals surface area contributed by atoms with Crippen LogP contribution in [0.25, 0.3) is 5.69 Å². The number of non-ortho nitro benzene ring substituents is 1. The van der Waals surface area contributed by atoms with Crippen LogP contribution in [0.2, 0.25) is 0 Å². The van der Waals surface area contributed by atoms with Crippen LogP contribution < -0.4 is 11.1 Å². The lowest BCUT2D eigenvalue weighted by Gasteiger charge is -2.01. The van der Waals surface area contributed by atoms with E-state index in [1.165, 1.54) is 41.2 Å². The van der Waals surface area contributed by atoms with E-state index in [4.69, 9.17) is 5.73 Å². The fourth-order valence-corrected chi connectivity index (χ4v) is 1.57. The summed E-state index contributed by atoms with van der Waals surface area (Å²) in [4.78, 5) is 32.3. The molecule has 0 aliphatic carbocycles. The number of nitrogens with two attached hydrogens (primary N) is 1. The average Bonchev–Trinajstić information content (AvgIpc) is 2.94. The van der Waals surface area contributed by atoms with Crippen LogP contribution in [0.4, 0.5) is 5.69 Å². The van der Waals surface area contributed by atoms with Gasteiger partial charge in [-0.25, -0.2) is 4.68 Å². The van der Waals surface area contributed by atoms with E-state index >= 15 is 0 Å². The number of nitrogens with one attached hydrogen (secondary N) is 1. The molecule has 1 aromatic heterocycles. The molecule has 0 saturated carbocycles. The Morgan fingerprint density at radius 1 is 1.29 bits per heavy atom. The van der Waals surface area contributed by atoms with Crippen LogP contribution in [0, 0.1) is 10.1 Å². The minimum Gasteiger partial charge on any atom is -0.368 e. The lowest BCUT2D eigenvalue weighted by molar-refractivity contribution is -0.384. The zero-order chi connectivity index (χ0) is 15.4. The largest absolute Gasteiger partial charge is 0.368 e. The van der Waals surface area contributed by atoms with E-state index in [1.54, 1.807) is 0 Å². The van der Waals surface area contributed by atoms with Gasteiger partial charge in [-0.2, -0.15) is 5.10 Å². The highest BCUT2D eigenvalue weighted by Gasteiger charge is 2.11. The van der Waals surface area contributed by atoms with Crippen molar-refractivity contribution in [3.05, 3.63) is 52.3 Å². The first-order valence-corrected chi connectivity index (χ1v) is 5.84. The first kappa shape index (κ1) is 14.2. The van der Waals surface area contributed by atoms with E-state index in [9.17, 15) is 19.7 Å². The number of primary amides is 1. The molecule has 9 heteroatoms. The van der Waals surface area contributed by atoms with Gasteiger partial charge in [0.1, 0.15) is 0 Å². The monoisotopic (exact) mass is 289 g/mol. The van der Waals surface area contributed by atoms with Gasteiger partial charge in [-0.3, -0.25) is 19.7 Å². The predicted octanol–water partition coefficient (Wildman–Crippen LogP) is -0.00440. The standard InChI is InChI=1S/C12H11N5O4/c13-11(18)7-14-12(19)10-5-6-16(15-10)8-1-3-9(4-2-8)17(20)21/h1-6H,7H2,(H2,13,18)(H,14,19). The quantitative estimate of drug-likeness (QED) is 0.590. The second kappa shape index (κ2) is 5.82. The van der Waals surface area contributed by atoms with Gasteiger partial charge in [0.2, 0.25) is 5.91 Å². The molecule has 2 rings (SSSR count). The third-order valence-electron chi connectivity index (χ3n) is 2.57. The van der Waals surface area contributed by atoms with Crippen LogP contribution in [0.5, 0.6) is 0 Å². The molecule has 0 unspecified atom stereocenters. The molecule has 0 spiro atoms. The topological polar surface area (TPSA) is 133 Å². The van der Waals surface area contributed by atoms with Gasteiger partial charge >= 0.3 is 0 Å². The molecule has 0 radical (unpaired) electrons. The Labute approximate surface area is 118 Å². The highest BCUT2D eigenvalue weighted by molar-refractivity contribution is 5.94. The summed E-state index contributed by atoms with van der Waals surface area (Å²) < 4.78 is 1.39. The summed E-state index contributed by atoms with van der Waals surface area (Å²) in [5, 5.41) is 16.9. The summed E-state index contributed by atoms with van der Waals surface area (Å²) in [6.45, 7) is -0.275. The Bertz CT molecular complexity index is 692. The molecule has 2 aromatic rings. The van der Waals surface area contributed by atoms with Crippen molar-refractivity contribution < 1.29 is 14.5 Å². The van der Waals surface area contributed by atoms with Gasteiger partial charge < -0.3 is 11.1 Å². The second-order valence-corrected chi connectivity index (χ2v) is 4.07. The first-order valence-electron chi connectivity index (χ1n) is 5.84. The molecule has 3 N–H and O–H groups in total.